The van der Waals surface area contributed by atoms with Crippen LogP contribution in [0.2, 0.25) is 0 Å². The van der Waals surface area contributed by atoms with Crippen molar-refractivity contribution in [3.05, 3.63) is 63.7 Å². The number of nitrogens with one attached hydrogen (secondary N) is 1. The van der Waals surface area contributed by atoms with Crippen molar-refractivity contribution in [2.24, 2.45) is 0 Å². The van der Waals surface area contributed by atoms with Crippen LogP contribution in [0.3, 0.4) is 0 Å². The summed E-state index contributed by atoms with van der Waals surface area (Å²) in [5.41, 5.74) is -0.368. The summed E-state index contributed by atoms with van der Waals surface area (Å²) in [6, 6.07) is 5.95. The van der Waals surface area contributed by atoms with Gasteiger partial charge in [0.25, 0.3) is 5.69 Å². The average Bonchev–Trinajstić information content (AvgIpc) is 2.94. The fourth-order valence-electron chi connectivity index (χ4n) is 1.56. The fraction of sp³-hybridized carbons (Fsp3) is 0.0769. The van der Waals surface area contributed by atoms with Gasteiger partial charge in [-0.15, -0.1) is 0 Å². The quantitative estimate of drug-likeness (QED) is 0.393. The largest absolute Gasteiger partial charge is 0.453 e. The maximum atomic E-state index is 12.9. The number of hydrogen-bond acceptors (Lipinski definition) is 5. The molecule has 0 bridgehead atoms. The molecule has 0 fully saturated rings. The Morgan fingerprint density at radius 2 is 2.10 bits per heavy atom. The summed E-state index contributed by atoms with van der Waals surface area (Å²) in [5, 5.41) is 10.5. The molecule has 1 aromatic heterocycles. The molecule has 0 saturated heterocycles. The number of Topliss-reactive ketones (excluding diaryl/α,β-unsaturated/α-hetero) is 1. The minimum absolute atomic E-state index is 0.0697. The van der Waals surface area contributed by atoms with E-state index in [0.29, 0.717) is 0 Å². The minimum Gasteiger partial charge on any atom is -0.453 e. The summed E-state index contributed by atoms with van der Waals surface area (Å²) in [7, 11) is 0. The monoisotopic (exact) mass is 292 g/mol. The number of aromatic amines is 1. The molecule has 0 unspecified atom stereocenters. The third kappa shape index (κ3) is 3.50. The molecule has 1 heterocycles. The molecule has 0 radical (unpaired) electrons. The molecule has 0 aliphatic carbocycles. The van der Waals surface area contributed by atoms with E-state index in [2.05, 4.69) is 4.98 Å². The number of ketones is 1. The number of rotatable bonds is 5. The Bertz CT molecular complexity index is 710. The Labute approximate surface area is 117 Å². The fourth-order valence-corrected chi connectivity index (χ4v) is 1.56. The molecule has 0 spiro atoms. The molecule has 21 heavy (non-hydrogen) atoms. The number of hydrogen-bond donors (Lipinski definition) is 1. The van der Waals surface area contributed by atoms with Crippen LogP contribution >= 0.6 is 0 Å². The molecule has 2 rings (SSSR count). The highest BCUT2D eigenvalue weighted by molar-refractivity contribution is 5.99. The standard InChI is InChI=1S/C13H9FN2O5/c14-9-3-1-2-8(4-9)12(17)7-21-13(18)11-5-10(6-15-11)16(19)20/h1-6,15H,7H2. The Balaban J connectivity index is 1.97. The van der Waals surface area contributed by atoms with Crippen LogP contribution in [0.1, 0.15) is 20.8 Å². The number of esters is 1. The van der Waals surface area contributed by atoms with Crippen molar-refractivity contribution in [3.63, 3.8) is 0 Å². The van der Waals surface area contributed by atoms with Crippen molar-refractivity contribution in [2.75, 3.05) is 6.61 Å². The van der Waals surface area contributed by atoms with E-state index in [0.717, 1.165) is 18.3 Å². The molecule has 0 saturated carbocycles. The van der Waals surface area contributed by atoms with Crippen molar-refractivity contribution in [1.29, 1.82) is 0 Å². The second-order valence-corrected chi connectivity index (χ2v) is 4.04. The molecule has 0 aliphatic rings. The van der Waals surface area contributed by atoms with Crippen LogP contribution in [0.5, 0.6) is 0 Å². The summed E-state index contributed by atoms with van der Waals surface area (Å²) in [6.07, 6.45) is 1.03. The lowest BCUT2D eigenvalue weighted by atomic mass is 10.1. The van der Waals surface area contributed by atoms with Crippen molar-refractivity contribution in [1.82, 2.24) is 4.98 Å². The van der Waals surface area contributed by atoms with Gasteiger partial charge in [-0.05, 0) is 12.1 Å². The van der Waals surface area contributed by atoms with Crippen LogP contribution in [-0.4, -0.2) is 28.3 Å². The van der Waals surface area contributed by atoms with Crippen LogP contribution in [-0.2, 0) is 4.74 Å². The van der Waals surface area contributed by atoms with Gasteiger partial charge in [0.05, 0.1) is 11.1 Å². The van der Waals surface area contributed by atoms with Crippen molar-refractivity contribution in [3.8, 4) is 0 Å². The molecule has 1 N–H and O–H groups in total. The molecule has 0 aliphatic heterocycles. The van der Waals surface area contributed by atoms with E-state index in [1.807, 2.05) is 0 Å². The highest BCUT2D eigenvalue weighted by Crippen LogP contribution is 2.13. The van der Waals surface area contributed by atoms with E-state index in [4.69, 9.17) is 4.74 Å². The number of benzene rings is 1. The van der Waals surface area contributed by atoms with E-state index in [-0.39, 0.29) is 16.9 Å². The molecule has 8 heteroatoms. The number of nitrogens with zero attached hydrogens (tertiary/aromatic N) is 1. The number of halogens is 1. The minimum atomic E-state index is -0.909. The smallest absolute Gasteiger partial charge is 0.355 e. The van der Waals surface area contributed by atoms with Gasteiger partial charge in [-0.2, -0.15) is 0 Å². The lowest BCUT2D eigenvalue weighted by Gasteiger charge is -2.03. The van der Waals surface area contributed by atoms with E-state index in [1.165, 1.54) is 18.2 Å². The lowest BCUT2D eigenvalue weighted by molar-refractivity contribution is -0.384. The summed E-state index contributed by atoms with van der Waals surface area (Å²) < 4.78 is 17.7. The van der Waals surface area contributed by atoms with Crippen molar-refractivity contribution < 1.29 is 23.6 Å². The highest BCUT2D eigenvalue weighted by atomic mass is 19.1. The first-order chi connectivity index (χ1) is 9.97. The van der Waals surface area contributed by atoms with Gasteiger partial charge < -0.3 is 9.72 Å². The van der Waals surface area contributed by atoms with Gasteiger partial charge in [-0.3, -0.25) is 14.9 Å². The van der Waals surface area contributed by atoms with E-state index < -0.39 is 29.1 Å². The summed E-state index contributed by atoms with van der Waals surface area (Å²) in [4.78, 5) is 35.4. The van der Waals surface area contributed by atoms with Gasteiger partial charge in [0.15, 0.2) is 12.4 Å². The Hall–Kier alpha value is -3.03. The van der Waals surface area contributed by atoms with Gasteiger partial charge in [-0.25, -0.2) is 9.18 Å². The zero-order chi connectivity index (χ0) is 15.4. The Morgan fingerprint density at radius 1 is 1.33 bits per heavy atom. The second kappa shape index (κ2) is 5.95. The molecular weight excluding hydrogens is 283 g/mol. The Morgan fingerprint density at radius 3 is 2.71 bits per heavy atom. The van der Waals surface area contributed by atoms with Gasteiger partial charge in [0, 0.05) is 11.6 Å². The number of carbonyl (C=O) groups excluding carboxylic acids is 2. The number of nitro groups is 1. The molecule has 7 nitrogen and oxygen atoms in total. The lowest BCUT2D eigenvalue weighted by Crippen LogP contribution is -2.14. The van der Waals surface area contributed by atoms with Gasteiger partial charge in [-0.1, -0.05) is 12.1 Å². The third-order valence-electron chi connectivity index (χ3n) is 2.58. The van der Waals surface area contributed by atoms with E-state index >= 15 is 0 Å². The van der Waals surface area contributed by atoms with Crippen LogP contribution in [0, 0.1) is 15.9 Å². The summed E-state index contributed by atoms with van der Waals surface area (Å²) in [6.45, 7) is -0.588. The number of carbonyl (C=O) groups is 2. The summed E-state index contributed by atoms with van der Waals surface area (Å²) >= 11 is 0. The van der Waals surface area contributed by atoms with Crippen molar-refractivity contribution >= 4 is 17.4 Å². The van der Waals surface area contributed by atoms with Gasteiger partial charge in [0.2, 0.25) is 0 Å². The average molecular weight is 292 g/mol. The predicted octanol–water partition coefficient (Wildman–Crippen LogP) is 2.10. The van der Waals surface area contributed by atoms with Crippen molar-refractivity contribution in [2.45, 2.75) is 0 Å². The first kappa shape index (κ1) is 14.4. The Kier molecular flexibility index (Phi) is 4.07. The number of ether oxygens (including phenoxy) is 1. The predicted molar refractivity (Wildman–Crippen MR) is 68.5 cm³/mol. The van der Waals surface area contributed by atoms with Crippen LogP contribution in [0.4, 0.5) is 10.1 Å². The molecule has 108 valence electrons. The maximum Gasteiger partial charge on any atom is 0.355 e. The van der Waals surface area contributed by atoms with Gasteiger partial charge >= 0.3 is 5.97 Å². The zero-order valence-electron chi connectivity index (χ0n) is 10.5. The molecular formula is C13H9FN2O5. The number of aromatic nitrogens is 1. The van der Waals surface area contributed by atoms with Crippen LogP contribution < -0.4 is 0 Å². The van der Waals surface area contributed by atoms with Crippen LogP contribution in [0.15, 0.2) is 36.5 Å². The summed E-state index contributed by atoms with van der Waals surface area (Å²) in [5.74, 6) is -2.07. The SMILES string of the molecule is O=C(COC(=O)c1cc([N+](=O)[O-])c[nH]1)c1cccc(F)c1. The van der Waals surface area contributed by atoms with Gasteiger partial charge in [0.1, 0.15) is 11.5 Å². The van der Waals surface area contributed by atoms with Crippen LogP contribution in [0.25, 0.3) is 0 Å². The zero-order valence-corrected chi connectivity index (χ0v) is 10.5. The topological polar surface area (TPSA) is 102 Å². The third-order valence-corrected chi connectivity index (χ3v) is 2.58. The van der Waals surface area contributed by atoms with E-state index in [1.54, 1.807) is 0 Å². The molecule has 0 atom stereocenters. The highest BCUT2D eigenvalue weighted by Gasteiger charge is 2.17. The maximum absolute atomic E-state index is 12.9. The first-order valence-corrected chi connectivity index (χ1v) is 5.76. The molecule has 1 aromatic carbocycles. The molecule has 2 aromatic rings. The van der Waals surface area contributed by atoms with E-state index in [9.17, 15) is 24.1 Å². The number of H-pyrrole nitrogens is 1. The normalized spacial score (nSPS) is 10.1. The second-order valence-electron chi connectivity index (χ2n) is 4.04. The molecule has 0 amide bonds. The first-order valence-electron chi connectivity index (χ1n) is 5.76.